The van der Waals surface area contributed by atoms with Crippen molar-refractivity contribution in [1.82, 2.24) is 4.90 Å². The predicted molar refractivity (Wildman–Crippen MR) is 67.6 cm³/mol. The minimum absolute atomic E-state index is 0.0610. The molecule has 0 atom stereocenters. The molecule has 1 saturated heterocycles. The number of carbonyl (C=O) groups is 1. The standard InChI is InChI=1S/C12H15FN2O3S/c1-8-10(12(16)15-4-2-3-5-15)6-9(13)7-11(8)19(14,17)18/h6-7H,2-5H2,1H3,(H2,14,17,18). The number of benzene rings is 1. The topological polar surface area (TPSA) is 80.5 Å². The lowest BCUT2D eigenvalue weighted by atomic mass is 10.1. The highest BCUT2D eigenvalue weighted by molar-refractivity contribution is 7.89. The molecular formula is C12H15FN2O3S. The van der Waals surface area contributed by atoms with Crippen LogP contribution in [-0.4, -0.2) is 32.3 Å². The van der Waals surface area contributed by atoms with E-state index in [9.17, 15) is 17.6 Å². The van der Waals surface area contributed by atoms with E-state index in [1.54, 1.807) is 4.90 Å². The van der Waals surface area contributed by atoms with Crippen LogP contribution in [0, 0.1) is 12.7 Å². The monoisotopic (exact) mass is 286 g/mol. The van der Waals surface area contributed by atoms with Gasteiger partial charge in [0.1, 0.15) is 5.82 Å². The highest BCUT2D eigenvalue weighted by Crippen LogP contribution is 2.22. The highest BCUT2D eigenvalue weighted by Gasteiger charge is 2.25. The van der Waals surface area contributed by atoms with Gasteiger partial charge in [-0.2, -0.15) is 0 Å². The maximum absolute atomic E-state index is 13.5. The molecule has 1 fully saturated rings. The van der Waals surface area contributed by atoms with Gasteiger partial charge in [-0.05, 0) is 37.5 Å². The van der Waals surface area contributed by atoms with Crippen LogP contribution >= 0.6 is 0 Å². The van der Waals surface area contributed by atoms with E-state index in [-0.39, 0.29) is 21.9 Å². The predicted octanol–water partition coefficient (Wildman–Crippen LogP) is 1.02. The van der Waals surface area contributed by atoms with Gasteiger partial charge < -0.3 is 4.90 Å². The van der Waals surface area contributed by atoms with Crippen molar-refractivity contribution in [3.05, 3.63) is 29.1 Å². The molecule has 0 unspecified atom stereocenters. The summed E-state index contributed by atoms with van der Waals surface area (Å²) in [4.78, 5) is 13.5. The minimum Gasteiger partial charge on any atom is -0.339 e. The Balaban J connectivity index is 2.52. The van der Waals surface area contributed by atoms with Crippen LogP contribution in [0.5, 0.6) is 0 Å². The molecular weight excluding hydrogens is 271 g/mol. The number of amides is 1. The first-order valence-electron chi connectivity index (χ1n) is 5.93. The molecule has 0 spiro atoms. The third kappa shape index (κ3) is 2.76. The molecule has 2 N–H and O–H groups in total. The number of likely N-dealkylation sites (tertiary alicyclic amines) is 1. The summed E-state index contributed by atoms with van der Waals surface area (Å²) in [7, 11) is -4.05. The van der Waals surface area contributed by atoms with Crippen molar-refractivity contribution < 1.29 is 17.6 Å². The number of primary sulfonamides is 1. The van der Waals surface area contributed by atoms with E-state index in [0.29, 0.717) is 13.1 Å². The number of sulfonamides is 1. The summed E-state index contributed by atoms with van der Waals surface area (Å²) >= 11 is 0. The third-order valence-corrected chi connectivity index (χ3v) is 4.29. The van der Waals surface area contributed by atoms with Crippen molar-refractivity contribution in [2.45, 2.75) is 24.7 Å². The molecule has 5 nitrogen and oxygen atoms in total. The molecule has 0 radical (unpaired) electrons. The third-order valence-electron chi connectivity index (χ3n) is 3.26. The molecule has 1 aliphatic rings. The molecule has 0 aliphatic carbocycles. The second-order valence-corrected chi connectivity index (χ2v) is 6.15. The summed E-state index contributed by atoms with van der Waals surface area (Å²) in [5.41, 5.74) is 0.256. The van der Waals surface area contributed by atoms with Crippen LogP contribution in [0.3, 0.4) is 0 Å². The Morgan fingerprint density at radius 1 is 1.32 bits per heavy atom. The maximum Gasteiger partial charge on any atom is 0.254 e. The Morgan fingerprint density at radius 2 is 1.89 bits per heavy atom. The molecule has 1 aliphatic heterocycles. The van der Waals surface area contributed by atoms with Gasteiger partial charge in [-0.15, -0.1) is 0 Å². The summed E-state index contributed by atoms with van der Waals surface area (Å²) in [6.07, 6.45) is 1.81. The molecule has 0 bridgehead atoms. The number of nitrogens with two attached hydrogens (primary N) is 1. The van der Waals surface area contributed by atoms with E-state index < -0.39 is 15.8 Å². The van der Waals surface area contributed by atoms with Crippen LogP contribution in [0.1, 0.15) is 28.8 Å². The van der Waals surface area contributed by atoms with Crippen LogP contribution in [-0.2, 0) is 10.0 Å². The Labute approximate surface area is 111 Å². The first-order chi connectivity index (χ1) is 8.80. The summed E-state index contributed by atoms with van der Waals surface area (Å²) < 4.78 is 36.3. The number of halogens is 1. The summed E-state index contributed by atoms with van der Waals surface area (Å²) in [6.45, 7) is 2.68. The maximum atomic E-state index is 13.5. The zero-order chi connectivity index (χ0) is 14.2. The molecule has 1 heterocycles. The molecule has 0 saturated carbocycles. The summed E-state index contributed by atoms with van der Waals surface area (Å²) in [5.74, 6) is -1.13. The number of hydrogen-bond acceptors (Lipinski definition) is 3. The fourth-order valence-corrected chi connectivity index (χ4v) is 3.08. The Bertz CT molecular complexity index is 622. The van der Waals surface area contributed by atoms with E-state index in [1.807, 2.05) is 0 Å². The molecule has 0 aromatic heterocycles. The second kappa shape index (κ2) is 4.90. The average molecular weight is 286 g/mol. The van der Waals surface area contributed by atoms with Crippen molar-refractivity contribution >= 4 is 15.9 Å². The second-order valence-electron chi connectivity index (χ2n) is 4.62. The smallest absolute Gasteiger partial charge is 0.254 e. The van der Waals surface area contributed by atoms with Crippen molar-refractivity contribution in [3.8, 4) is 0 Å². The van der Waals surface area contributed by atoms with Crippen molar-refractivity contribution in [2.75, 3.05) is 13.1 Å². The number of rotatable bonds is 2. The Hall–Kier alpha value is -1.47. The quantitative estimate of drug-likeness (QED) is 0.881. The SMILES string of the molecule is Cc1c(C(=O)N2CCCC2)cc(F)cc1S(N)(=O)=O. The van der Waals surface area contributed by atoms with Crippen LogP contribution < -0.4 is 5.14 Å². The molecule has 1 aromatic carbocycles. The van der Waals surface area contributed by atoms with Crippen LogP contribution in [0.15, 0.2) is 17.0 Å². The average Bonchev–Trinajstić information content (AvgIpc) is 2.83. The number of nitrogens with zero attached hydrogens (tertiary/aromatic N) is 1. The van der Waals surface area contributed by atoms with Crippen LogP contribution in [0.2, 0.25) is 0 Å². The van der Waals surface area contributed by atoms with Gasteiger partial charge in [0.2, 0.25) is 10.0 Å². The van der Waals surface area contributed by atoms with Gasteiger partial charge in [0.05, 0.1) is 4.90 Å². The fraction of sp³-hybridized carbons (Fsp3) is 0.417. The zero-order valence-corrected chi connectivity index (χ0v) is 11.3. The zero-order valence-electron chi connectivity index (χ0n) is 10.5. The van der Waals surface area contributed by atoms with Crippen molar-refractivity contribution in [2.24, 2.45) is 5.14 Å². The van der Waals surface area contributed by atoms with Gasteiger partial charge in [-0.25, -0.2) is 17.9 Å². The number of hydrogen-bond donors (Lipinski definition) is 1. The van der Waals surface area contributed by atoms with Crippen molar-refractivity contribution in [3.63, 3.8) is 0 Å². The van der Waals surface area contributed by atoms with E-state index in [4.69, 9.17) is 5.14 Å². The number of carbonyl (C=O) groups excluding carboxylic acids is 1. The Morgan fingerprint density at radius 3 is 2.42 bits per heavy atom. The van der Waals surface area contributed by atoms with E-state index >= 15 is 0 Å². The molecule has 1 aromatic rings. The molecule has 1 amide bonds. The summed E-state index contributed by atoms with van der Waals surface area (Å²) in [5, 5.41) is 5.03. The van der Waals surface area contributed by atoms with Crippen LogP contribution in [0.4, 0.5) is 4.39 Å². The lowest BCUT2D eigenvalue weighted by Gasteiger charge is -2.17. The highest BCUT2D eigenvalue weighted by atomic mass is 32.2. The lowest BCUT2D eigenvalue weighted by molar-refractivity contribution is 0.0791. The first-order valence-corrected chi connectivity index (χ1v) is 7.47. The normalized spacial score (nSPS) is 15.8. The van der Waals surface area contributed by atoms with Gasteiger partial charge in [0.15, 0.2) is 0 Å². The van der Waals surface area contributed by atoms with Gasteiger partial charge in [0.25, 0.3) is 5.91 Å². The Kier molecular flexibility index (Phi) is 3.60. The first kappa shape index (κ1) is 14.0. The summed E-state index contributed by atoms with van der Waals surface area (Å²) in [6, 6.07) is 1.90. The molecule has 2 rings (SSSR count). The van der Waals surface area contributed by atoms with E-state index in [0.717, 1.165) is 25.0 Å². The van der Waals surface area contributed by atoms with E-state index in [2.05, 4.69) is 0 Å². The van der Waals surface area contributed by atoms with Gasteiger partial charge in [-0.1, -0.05) is 0 Å². The largest absolute Gasteiger partial charge is 0.339 e. The van der Waals surface area contributed by atoms with Gasteiger partial charge in [-0.3, -0.25) is 4.79 Å². The van der Waals surface area contributed by atoms with E-state index in [1.165, 1.54) is 6.92 Å². The fourth-order valence-electron chi connectivity index (χ4n) is 2.26. The van der Waals surface area contributed by atoms with Crippen molar-refractivity contribution in [1.29, 1.82) is 0 Å². The molecule has 19 heavy (non-hydrogen) atoms. The minimum atomic E-state index is -4.05. The van der Waals surface area contributed by atoms with Crippen LogP contribution in [0.25, 0.3) is 0 Å². The molecule has 104 valence electrons. The van der Waals surface area contributed by atoms with Gasteiger partial charge >= 0.3 is 0 Å². The lowest BCUT2D eigenvalue weighted by Crippen LogP contribution is -2.29. The van der Waals surface area contributed by atoms with Gasteiger partial charge in [0, 0.05) is 18.7 Å². The molecule has 7 heteroatoms.